The summed E-state index contributed by atoms with van der Waals surface area (Å²) in [5.41, 5.74) is 8.42. The van der Waals surface area contributed by atoms with E-state index in [1.165, 1.54) is 0 Å². The number of amides is 1. The van der Waals surface area contributed by atoms with Crippen molar-refractivity contribution < 1.29 is 4.79 Å². The molecule has 1 aromatic heterocycles. The highest BCUT2D eigenvalue weighted by molar-refractivity contribution is 5.90. The zero-order valence-corrected chi connectivity index (χ0v) is 10.7. The third kappa shape index (κ3) is 4.19. The Morgan fingerprint density at radius 2 is 2.05 bits per heavy atom. The molecule has 0 bridgehead atoms. The minimum Gasteiger partial charge on any atom is -0.326 e. The monoisotopic (exact) mass is 255 g/mol. The van der Waals surface area contributed by atoms with Crippen LogP contribution in [0.1, 0.15) is 17.5 Å². The van der Waals surface area contributed by atoms with Gasteiger partial charge < -0.3 is 11.1 Å². The maximum absolute atomic E-state index is 11.8. The van der Waals surface area contributed by atoms with Gasteiger partial charge in [-0.25, -0.2) is 0 Å². The first-order valence-corrected chi connectivity index (χ1v) is 6.25. The minimum absolute atomic E-state index is 0.00183. The first kappa shape index (κ1) is 13.2. The lowest BCUT2D eigenvalue weighted by molar-refractivity contribution is -0.116. The van der Waals surface area contributed by atoms with Crippen LogP contribution in [-0.4, -0.2) is 10.9 Å². The number of aromatic nitrogens is 1. The van der Waals surface area contributed by atoms with Crippen molar-refractivity contribution >= 4 is 11.6 Å². The number of carbonyl (C=O) groups is 1. The molecule has 98 valence electrons. The average molecular weight is 255 g/mol. The van der Waals surface area contributed by atoms with Gasteiger partial charge in [0, 0.05) is 31.0 Å². The van der Waals surface area contributed by atoms with Gasteiger partial charge in [0.1, 0.15) is 0 Å². The summed E-state index contributed by atoms with van der Waals surface area (Å²) >= 11 is 0. The van der Waals surface area contributed by atoms with Gasteiger partial charge in [-0.05, 0) is 35.7 Å². The molecular formula is C15H17N3O. The van der Waals surface area contributed by atoms with Crippen LogP contribution in [0.15, 0.2) is 48.8 Å². The van der Waals surface area contributed by atoms with Crippen molar-refractivity contribution in [3.8, 4) is 0 Å². The second-order valence-electron chi connectivity index (χ2n) is 4.31. The predicted molar refractivity (Wildman–Crippen MR) is 75.5 cm³/mol. The lowest BCUT2D eigenvalue weighted by Crippen LogP contribution is -2.12. The van der Waals surface area contributed by atoms with Crippen LogP contribution in [0.2, 0.25) is 0 Å². The van der Waals surface area contributed by atoms with Crippen LogP contribution in [0, 0.1) is 0 Å². The van der Waals surface area contributed by atoms with Crippen LogP contribution in [0.3, 0.4) is 0 Å². The Balaban J connectivity index is 1.87. The lowest BCUT2D eigenvalue weighted by atomic mass is 10.1. The molecule has 0 radical (unpaired) electrons. The van der Waals surface area contributed by atoms with Crippen molar-refractivity contribution in [2.75, 3.05) is 5.32 Å². The highest BCUT2D eigenvalue weighted by atomic mass is 16.1. The summed E-state index contributed by atoms with van der Waals surface area (Å²) in [6, 6.07) is 11.4. The number of aryl methyl sites for hydroxylation is 1. The van der Waals surface area contributed by atoms with E-state index < -0.39 is 0 Å². The fourth-order valence-electron chi connectivity index (χ4n) is 1.80. The summed E-state index contributed by atoms with van der Waals surface area (Å²) in [5.74, 6) is -0.00183. The van der Waals surface area contributed by atoms with Gasteiger partial charge in [0.15, 0.2) is 0 Å². The number of nitrogens with two attached hydrogens (primary N) is 1. The molecule has 0 atom stereocenters. The Kier molecular flexibility index (Phi) is 4.64. The molecule has 1 amide bonds. The van der Waals surface area contributed by atoms with Crippen molar-refractivity contribution in [2.45, 2.75) is 19.4 Å². The number of nitrogens with zero attached hydrogens (tertiary/aromatic N) is 1. The summed E-state index contributed by atoms with van der Waals surface area (Å²) in [6.45, 7) is 0.472. The topological polar surface area (TPSA) is 68.0 Å². The van der Waals surface area contributed by atoms with Crippen molar-refractivity contribution in [2.24, 2.45) is 5.73 Å². The van der Waals surface area contributed by atoms with Crippen molar-refractivity contribution in [3.05, 3.63) is 59.9 Å². The molecule has 3 N–H and O–H groups in total. The number of nitrogens with one attached hydrogen (secondary N) is 1. The van der Waals surface area contributed by atoms with E-state index in [0.29, 0.717) is 19.4 Å². The molecule has 0 aliphatic rings. The van der Waals surface area contributed by atoms with Gasteiger partial charge in [-0.1, -0.05) is 18.2 Å². The summed E-state index contributed by atoms with van der Waals surface area (Å²) < 4.78 is 0. The number of pyridine rings is 1. The largest absolute Gasteiger partial charge is 0.326 e. The Morgan fingerprint density at radius 1 is 1.21 bits per heavy atom. The minimum atomic E-state index is -0.00183. The normalized spacial score (nSPS) is 10.2. The van der Waals surface area contributed by atoms with Gasteiger partial charge in [-0.15, -0.1) is 0 Å². The number of anilines is 1. The maximum Gasteiger partial charge on any atom is 0.224 e. The second kappa shape index (κ2) is 6.66. The maximum atomic E-state index is 11.8. The Morgan fingerprint density at radius 3 is 2.79 bits per heavy atom. The van der Waals surface area contributed by atoms with Crippen LogP contribution in [0.25, 0.3) is 0 Å². The van der Waals surface area contributed by atoms with Gasteiger partial charge in [0.05, 0.1) is 0 Å². The quantitative estimate of drug-likeness (QED) is 0.859. The van der Waals surface area contributed by atoms with E-state index in [0.717, 1.165) is 16.8 Å². The molecule has 0 aliphatic carbocycles. The SMILES string of the molecule is NCc1cccc(NC(=O)CCc2cccnc2)c1. The number of hydrogen-bond donors (Lipinski definition) is 2. The van der Waals surface area contributed by atoms with E-state index in [1.807, 2.05) is 36.4 Å². The summed E-state index contributed by atoms with van der Waals surface area (Å²) in [6.07, 6.45) is 4.64. The van der Waals surface area contributed by atoms with Crippen LogP contribution in [0.4, 0.5) is 5.69 Å². The van der Waals surface area contributed by atoms with Gasteiger partial charge >= 0.3 is 0 Å². The molecule has 19 heavy (non-hydrogen) atoms. The number of benzene rings is 1. The molecule has 2 aromatic rings. The third-order valence-corrected chi connectivity index (χ3v) is 2.81. The molecule has 1 aromatic carbocycles. The standard InChI is InChI=1S/C15H17N3O/c16-10-13-3-1-5-14(9-13)18-15(19)7-6-12-4-2-8-17-11-12/h1-5,8-9,11H,6-7,10,16H2,(H,18,19). The van der Waals surface area contributed by atoms with E-state index in [9.17, 15) is 4.79 Å². The highest BCUT2D eigenvalue weighted by Gasteiger charge is 2.03. The predicted octanol–water partition coefficient (Wildman–Crippen LogP) is 2.11. The van der Waals surface area contributed by atoms with Gasteiger partial charge in [-0.3, -0.25) is 9.78 Å². The zero-order chi connectivity index (χ0) is 13.5. The van der Waals surface area contributed by atoms with Gasteiger partial charge in [0.2, 0.25) is 5.91 Å². The molecule has 2 rings (SSSR count). The molecule has 0 fully saturated rings. The van der Waals surface area contributed by atoms with Crippen LogP contribution < -0.4 is 11.1 Å². The van der Waals surface area contributed by atoms with Crippen molar-refractivity contribution in [1.82, 2.24) is 4.98 Å². The first-order valence-electron chi connectivity index (χ1n) is 6.25. The highest BCUT2D eigenvalue weighted by Crippen LogP contribution is 2.11. The fourth-order valence-corrected chi connectivity index (χ4v) is 1.80. The summed E-state index contributed by atoms with van der Waals surface area (Å²) in [7, 11) is 0. The molecule has 0 saturated carbocycles. The lowest BCUT2D eigenvalue weighted by Gasteiger charge is -2.06. The molecule has 1 heterocycles. The number of carbonyl (C=O) groups excluding carboxylic acids is 1. The fraction of sp³-hybridized carbons (Fsp3) is 0.200. The Bertz CT molecular complexity index is 540. The third-order valence-electron chi connectivity index (χ3n) is 2.81. The molecule has 0 saturated heterocycles. The molecule has 4 nitrogen and oxygen atoms in total. The number of hydrogen-bond acceptors (Lipinski definition) is 3. The summed E-state index contributed by atoms with van der Waals surface area (Å²) in [4.78, 5) is 15.8. The smallest absolute Gasteiger partial charge is 0.224 e. The van der Waals surface area contributed by atoms with Gasteiger partial charge in [0.25, 0.3) is 0 Å². The van der Waals surface area contributed by atoms with Crippen molar-refractivity contribution in [3.63, 3.8) is 0 Å². The van der Waals surface area contributed by atoms with E-state index in [1.54, 1.807) is 12.4 Å². The molecule has 0 aliphatic heterocycles. The zero-order valence-electron chi connectivity index (χ0n) is 10.7. The van der Waals surface area contributed by atoms with E-state index in [-0.39, 0.29) is 5.91 Å². The Labute approximate surface area is 112 Å². The van der Waals surface area contributed by atoms with Crippen LogP contribution in [-0.2, 0) is 17.8 Å². The van der Waals surface area contributed by atoms with Crippen molar-refractivity contribution in [1.29, 1.82) is 0 Å². The van der Waals surface area contributed by atoms with Crippen LogP contribution >= 0.6 is 0 Å². The first-order chi connectivity index (χ1) is 9.28. The second-order valence-corrected chi connectivity index (χ2v) is 4.31. The molecule has 0 spiro atoms. The summed E-state index contributed by atoms with van der Waals surface area (Å²) in [5, 5.41) is 2.87. The van der Waals surface area contributed by atoms with E-state index >= 15 is 0 Å². The Hall–Kier alpha value is -2.20. The van der Waals surface area contributed by atoms with E-state index in [4.69, 9.17) is 5.73 Å². The molecular weight excluding hydrogens is 238 g/mol. The average Bonchev–Trinajstić information content (AvgIpc) is 2.46. The van der Waals surface area contributed by atoms with Gasteiger partial charge in [-0.2, -0.15) is 0 Å². The van der Waals surface area contributed by atoms with Crippen LogP contribution in [0.5, 0.6) is 0 Å². The number of rotatable bonds is 5. The molecule has 0 unspecified atom stereocenters. The van der Waals surface area contributed by atoms with E-state index in [2.05, 4.69) is 10.3 Å². The molecule has 4 heteroatoms.